The van der Waals surface area contributed by atoms with E-state index in [1.165, 1.54) is 11.6 Å². The molecule has 4 rings (SSSR count). The highest BCUT2D eigenvalue weighted by molar-refractivity contribution is 7.87. The van der Waals surface area contributed by atoms with E-state index in [0.29, 0.717) is 11.4 Å². The Bertz CT molecular complexity index is 1360. The standard InChI is InChI=1S/C26H23N3O2S/c1-28-24(27-32(21-14-8-4-9-15-21)22-16-10-5-11-17-22)23(25(30)29(2)26(28)31)19-18-20-12-6-3-7-13-20/h3-19H,1-2H3/b19-18+. The summed E-state index contributed by atoms with van der Waals surface area (Å²) in [4.78, 5) is 27.8. The lowest BCUT2D eigenvalue weighted by molar-refractivity contribution is 0.687. The first-order valence-corrected chi connectivity index (χ1v) is 11.3. The molecule has 0 aliphatic carbocycles. The van der Waals surface area contributed by atoms with Crippen LogP contribution in [0.3, 0.4) is 0 Å². The Hall–Kier alpha value is -3.77. The predicted molar refractivity (Wildman–Crippen MR) is 131 cm³/mol. The zero-order valence-electron chi connectivity index (χ0n) is 17.9. The minimum absolute atomic E-state index is 0.362. The van der Waals surface area contributed by atoms with E-state index in [-0.39, 0.29) is 5.56 Å². The smallest absolute Gasteiger partial charge is 0.280 e. The Morgan fingerprint density at radius 1 is 0.688 bits per heavy atom. The van der Waals surface area contributed by atoms with Gasteiger partial charge in [0.05, 0.1) is 5.56 Å². The van der Waals surface area contributed by atoms with E-state index in [2.05, 4.69) is 0 Å². The molecule has 0 unspecified atom stereocenters. The van der Waals surface area contributed by atoms with E-state index in [1.54, 1.807) is 13.1 Å². The van der Waals surface area contributed by atoms with Gasteiger partial charge >= 0.3 is 5.69 Å². The van der Waals surface area contributed by atoms with Gasteiger partial charge in [-0.25, -0.2) is 4.79 Å². The summed E-state index contributed by atoms with van der Waals surface area (Å²) in [6.45, 7) is 0. The molecule has 5 nitrogen and oxygen atoms in total. The fraction of sp³-hybridized carbons (Fsp3) is 0.0769. The minimum atomic E-state index is -0.711. The van der Waals surface area contributed by atoms with Crippen molar-refractivity contribution in [1.82, 2.24) is 9.13 Å². The van der Waals surface area contributed by atoms with Gasteiger partial charge in [-0.1, -0.05) is 72.8 Å². The summed E-state index contributed by atoms with van der Waals surface area (Å²) < 4.78 is 7.56. The van der Waals surface area contributed by atoms with E-state index in [9.17, 15) is 9.59 Å². The van der Waals surface area contributed by atoms with E-state index in [4.69, 9.17) is 4.36 Å². The SMILES string of the molecule is Cn1c(N=S(c2ccccc2)c2ccccc2)c(/C=C/c2ccccc2)c(=O)n(C)c1=O. The third-order valence-electron chi connectivity index (χ3n) is 5.02. The number of hydrogen-bond acceptors (Lipinski definition) is 3. The molecule has 32 heavy (non-hydrogen) atoms. The molecule has 0 N–H and O–H groups in total. The highest BCUT2D eigenvalue weighted by Crippen LogP contribution is 2.25. The van der Waals surface area contributed by atoms with Crippen molar-refractivity contribution < 1.29 is 0 Å². The Labute approximate surface area is 189 Å². The lowest BCUT2D eigenvalue weighted by Gasteiger charge is -2.13. The zero-order valence-corrected chi connectivity index (χ0v) is 18.7. The average molecular weight is 442 g/mol. The van der Waals surface area contributed by atoms with Crippen LogP contribution in [0.5, 0.6) is 0 Å². The van der Waals surface area contributed by atoms with Crippen molar-refractivity contribution in [3.63, 3.8) is 0 Å². The quantitative estimate of drug-likeness (QED) is 0.446. The van der Waals surface area contributed by atoms with Gasteiger partial charge in [0.25, 0.3) is 5.56 Å². The van der Waals surface area contributed by atoms with Crippen LogP contribution in [0.2, 0.25) is 0 Å². The monoisotopic (exact) mass is 441 g/mol. The van der Waals surface area contributed by atoms with Gasteiger partial charge in [-0.3, -0.25) is 13.9 Å². The van der Waals surface area contributed by atoms with Crippen molar-refractivity contribution in [2.75, 3.05) is 0 Å². The first-order chi connectivity index (χ1) is 15.6. The molecule has 0 aliphatic heterocycles. The molecule has 3 aromatic carbocycles. The molecular formula is C26H23N3O2S. The van der Waals surface area contributed by atoms with E-state index >= 15 is 0 Å². The maximum Gasteiger partial charge on any atom is 0.332 e. The molecule has 0 fully saturated rings. The third kappa shape index (κ3) is 4.45. The largest absolute Gasteiger partial charge is 0.332 e. The van der Waals surface area contributed by atoms with Crippen molar-refractivity contribution >= 4 is 28.7 Å². The Morgan fingerprint density at radius 3 is 1.72 bits per heavy atom. The van der Waals surface area contributed by atoms with Crippen molar-refractivity contribution in [1.29, 1.82) is 0 Å². The van der Waals surface area contributed by atoms with Crippen molar-refractivity contribution in [2.24, 2.45) is 18.5 Å². The lowest BCUT2D eigenvalue weighted by atomic mass is 10.2. The van der Waals surface area contributed by atoms with Gasteiger partial charge in [0.15, 0.2) is 5.82 Å². The van der Waals surface area contributed by atoms with Crippen LogP contribution in [0.1, 0.15) is 11.1 Å². The van der Waals surface area contributed by atoms with E-state index in [0.717, 1.165) is 19.9 Å². The fourth-order valence-electron chi connectivity index (χ4n) is 3.29. The first-order valence-electron chi connectivity index (χ1n) is 10.2. The maximum atomic E-state index is 13.1. The molecule has 160 valence electrons. The molecule has 4 aromatic rings. The third-order valence-corrected chi connectivity index (χ3v) is 6.81. The number of rotatable bonds is 5. The number of aromatic nitrogens is 2. The highest BCUT2D eigenvalue weighted by atomic mass is 32.2. The number of nitrogens with zero attached hydrogens (tertiary/aromatic N) is 3. The first kappa shape index (κ1) is 21.5. The van der Waals surface area contributed by atoms with Gasteiger partial charge in [-0.05, 0) is 46.6 Å². The van der Waals surface area contributed by atoms with Crippen LogP contribution in [0.15, 0.2) is 115 Å². The average Bonchev–Trinajstić information content (AvgIpc) is 2.85. The summed E-state index contributed by atoms with van der Waals surface area (Å²) in [7, 11) is 2.43. The molecule has 0 amide bonds. The molecule has 0 aliphatic rings. The number of hydrogen-bond donors (Lipinski definition) is 0. The van der Waals surface area contributed by atoms with Crippen LogP contribution in [-0.2, 0) is 24.8 Å². The summed E-state index contributed by atoms with van der Waals surface area (Å²) in [6.07, 6.45) is 3.61. The molecule has 0 atom stereocenters. The van der Waals surface area contributed by atoms with Crippen molar-refractivity contribution in [2.45, 2.75) is 9.79 Å². The highest BCUT2D eigenvalue weighted by Gasteiger charge is 2.15. The predicted octanol–water partition coefficient (Wildman–Crippen LogP) is 4.81. The molecular weight excluding hydrogens is 418 g/mol. The normalized spacial score (nSPS) is 11.2. The van der Waals surface area contributed by atoms with E-state index in [1.807, 2.05) is 97.1 Å². The van der Waals surface area contributed by atoms with Crippen LogP contribution in [-0.4, -0.2) is 9.13 Å². The maximum absolute atomic E-state index is 13.1. The Kier molecular flexibility index (Phi) is 6.42. The van der Waals surface area contributed by atoms with Gasteiger partial charge in [-0.2, -0.15) is 4.36 Å². The molecule has 1 heterocycles. The summed E-state index contributed by atoms with van der Waals surface area (Å²) in [5, 5.41) is 0. The van der Waals surface area contributed by atoms with Crippen molar-refractivity contribution in [3.05, 3.63) is 123 Å². The summed E-state index contributed by atoms with van der Waals surface area (Å²) in [6, 6.07) is 29.5. The van der Waals surface area contributed by atoms with Crippen molar-refractivity contribution in [3.8, 4) is 0 Å². The van der Waals surface area contributed by atoms with Gasteiger partial charge in [0.1, 0.15) is 0 Å². The van der Waals surface area contributed by atoms with Crippen LogP contribution in [0.4, 0.5) is 5.82 Å². The molecule has 0 saturated carbocycles. The molecule has 6 heteroatoms. The van der Waals surface area contributed by atoms with Gasteiger partial charge in [0.2, 0.25) is 0 Å². The van der Waals surface area contributed by atoms with Crippen LogP contribution >= 0.6 is 0 Å². The second-order valence-electron chi connectivity index (χ2n) is 7.19. The lowest BCUT2D eigenvalue weighted by Crippen LogP contribution is -2.38. The van der Waals surface area contributed by atoms with E-state index < -0.39 is 16.4 Å². The molecule has 1 aromatic heterocycles. The summed E-state index contributed by atoms with van der Waals surface area (Å²) in [5.41, 5.74) is 0.557. The number of benzene rings is 3. The fourth-order valence-corrected chi connectivity index (χ4v) is 4.99. The summed E-state index contributed by atoms with van der Waals surface area (Å²) >= 11 is 0. The molecule has 0 saturated heterocycles. The van der Waals surface area contributed by atoms with Gasteiger partial charge < -0.3 is 0 Å². The van der Waals surface area contributed by atoms with Gasteiger partial charge in [0, 0.05) is 23.9 Å². The molecule has 0 bridgehead atoms. The zero-order chi connectivity index (χ0) is 22.5. The second-order valence-corrected chi connectivity index (χ2v) is 8.88. The van der Waals surface area contributed by atoms with Crippen LogP contribution in [0.25, 0.3) is 12.2 Å². The Morgan fingerprint density at radius 2 is 1.19 bits per heavy atom. The minimum Gasteiger partial charge on any atom is -0.280 e. The topological polar surface area (TPSA) is 56.4 Å². The van der Waals surface area contributed by atoms with Crippen LogP contribution in [0, 0.1) is 0 Å². The van der Waals surface area contributed by atoms with Crippen LogP contribution < -0.4 is 11.2 Å². The molecule has 0 spiro atoms. The molecule has 0 radical (unpaired) electrons. The summed E-state index contributed by atoms with van der Waals surface area (Å²) in [5.74, 6) is 0.362. The second kappa shape index (κ2) is 9.58. The Balaban J connectivity index is 1.99. The van der Waals surface area contributed by atoms with Gasteiger partial charge in [-0.15, -0.1) is 0 Å².